The van der Waals surface area contributed by atoms with E-state index in [-0.39, 0.29) is 23.1 Å². The topological polar surface area (TPSA) is 81.9 Å². The lowest BCUT2D eigenvalue weighted by atomic mass is 9.95. The number of anilines is 1. The van der Waals surface area contributed by atoms with Gasteiger partial charge < -0.3 is 10.2 Å². The Morgan fingerprint density at radius 3 is 2.68 bits per heavy atom. The van der Waals surface area contributed by atoms with Crippen LogP contribution in [0.3, 0.4) is 0 Å². The number of rotatable bonds is 5. The SMILES string of the molecule is N#Cc1ccc(N2CCC(C(=O)NCC3(c4ncccc4F)CC3)CC2)nc1. The van der Waals surface area contributed by atoms with Crippen molar-refractivity contribution in [1.82, 2.24) is 15.3 Å². The molecule has 3 heterocycles. The van der Waals surface area contributed by atoms with Crippen LogP contribution < -0.4 is 10.2 Å². The lowest BCUT2D eigenvalue weighted by Crippen LogP contribution is -2.43. The smallest absolute Gasteiger partial charge is 0.223 e. The Morgan fingerprint density at radius 1 is 1.29 bits per heavy atom. The summed E-state index contributed by atoms with van der Waals surface area (Å²) < 4.78 is 14.1. The van der Waals surface area contributed by atoms with Crippen molar-refractivity contribution in [3.05, 3.63) is 53.7 Å². The van der Waals surface area contributed by atoms with Crippen LogP contribution in [0.15, 0.2) is 36.7 Å². The summed E-state index contributed by atoms with van der Waals surface area (Å²) in [5.74, 6) is 0.534. The predicted molar refractivity (Wildman–Crippen MR) is 102 cm³/mol. The van der Waals surface area contributed by atoms with Gasteiger partial charge in [-0.15, -0.1) is 0 Å². The monoisotopic (exact) mass is 379 g/mol. The van der Waals surface area contributed by atoms with Crippen molar-refractivity contribution in [3.8, 4) is 6.07 Å². The molecule has 6 nitrogen and oxygen atoms in total. The molecule has 144 valence electrons. The second-order valence-electron chi connectivity index (χ2n) is 7.61. The molecule has 2 fully saturated rings. The molecule has 28 heavy (non-hydrogen) atoms. The van der Waals surface area contributed by atoms with Crippen LogP contribution in [0.4, 0.5) is 10.2 Å². The fourth-order valence-corrected chi connectivity index (χ4v) is 3.83. The zero-order valence-corrected chi connectivity index (χ0v) is 15.6. The summed E-state index contributed by atoms with van der Waals surface area (Å²) in [4.78, 5) is 23.3. The van der Waals surface area contributed by atoms with Crippen LogP contribution in [-0.4, -0.2) is 35.5 Å². The third kappa shape index (κ3) is 3.68. The zero-order chi connectivity index (χ0) is 19.6. The van der Waals surface area contributed by atoms with Gasteiger partial charge in [-0.3, -0.25) is 9.78 Å². The number of nitriles is 1. The molecular weight excluding hydrogens is 357 g/mol. The number of aromatic nitrogens is 2. The fourth-order valence-electron chi connectivity index (χ4n) is 3.83. The molecule has 1 aliphatic carbocycles. The highest BCUT2D eigenvalue weighted by molar-refractivity contribution is 5.79. The molecule has 1 saturated carbocycles. The molecule has 7 heteroatoms. The first-order chi connectivity index (χ1) is 13.6. The average molecular weight is 379 g/mol. The van der Waals surface area contributed by atoms with E-state index in [4.69, 9.17) is 5.26 Å². The van der Waals surface area contributed by atoms with Gasteiger partial charge in [-0.25, -0.2) is 9.37 Å². The van der Waals surface area contributed by atoms with Crippen LogP contribution in [0.2, 0.25) is 0 Å². The Morgan fingerprint density at radius 2 is 2.07 bits per heavy atom. The number of halogens is 1. The number of carbonyl (C=O) groups excluding carboxylic acids is 1. The molecule has 1 aliphatic heterocycles. The first kappa shape index (κ1) is 18.4. The Balaban J connectivity index is 1.30. The maximum Gasteiger partial charge on any atom is 0.223 e. The molecule has 0 aromatic carbocycles. The summed E-state index contributed by atoms with van der Waals surface area (Å²) in [6.45, 7) is 1.94. The van der Waals surface area contributed by atoms with E-state index in [0.29, 0.717) is 17.8 Å². The number of amides is 1. The largest absolute Gasteiger partial charge is 0.357 e. The van der Waals surface area contributed by atoms with E-state index < -0.39 is 0 Å². The average Bonchev–Trinajstić information content (AvgIpc) is 3.53. The van der Waals surface area contributed by atoms with Gasteiger partial charge in [-0.1, -0.05) is 0 Å². The van der Waals surface area contributed by atoms with E-state index in [1.54, 1.807) is 24.5 Å². The molecule has 0 radical (unpaired) electrons. The minimum atomic E-state index is -0.339. The number of carbonyl (C=O) groups is 1. The molecule has 1 saturated heterocycles. The number of nitrogens with one attached hydrogen (secondary N) is 1. The van der Waals surface area contributed by atoms with Gasteiger partial charge >= 0.3 is 0 Å². The van der Waals surface area contributed by atoms with E-state index >= 15 is 0 Å². The maximum atomic E-state index is 14.1. The van der Waals surface area contributed by atoms with Crippen molar-refractivity contribution in [3.63, 3.8) is 0 Å². The number of hydrogen-bond donors (Lipinski definition) is 1. The second kappa shape index (κ2) is 7.55. The van der Waals surface area contributed by atoms with Crippen LogP contribution in [0.5, 0.6) is 0 Å². The third-order valence-corrected chi connectivity index (χ3v) is 5.78. The van der Waals surface area contributed by atoms with Gasteiger partial charge in [0.2, 0.25) is 5.91 Å². The number of pyridine rings is 2. The summed E-state index contributed by atoms with van der Waals surface area (Å²) in [7, 11) is 0. The quantitative estimate of drug-likeness (QED) is 0.863. The molecule has 0 bridgehead atoms. The predicted octanol–water partition coefficient (Wildman–Crippen LogP) is 2.55. The summed E-state index contributed by atoms with van der Waals surface area (Å²) in [5.41, 5.74) is 0.669. The summed E-state index contributed by atoms with van der Waals surface area (Å²) in [5, 5.41) is 11.9. The third-order valence-electron chi connectivity index (χ3n) is 5.78. The highest BCUT2D eigenvalue weighted by atomic mass is 19.1. The molecule has 2 aromatic heterocycles. The number of nitrogens with zero attached hydrogens (tertiary/aromatic N) is 4. The Labute approximate surface area is 163 Å². The zero-order valence-electron chi connectivity index (χ0n) is 15.6. The highest BCUT2D eigenvalue weighted by Gasteiger charge is 2.47. The molecule has 0 spiro atoms. The molecule has 1 amide bonds. The lowest BCUT2D eigenvalue weighted by molar-refractivity contribution is -0.125. The fraction of sp³-hybridized carbons (Fsp3) is 0.429. The van der Waals surface area contributed by atoms with Crippen molar-refractivity contribution in [2.45, 2.75) is 31.1 Å². The van der Waals surface area contributed by atoms with Gasteiger partial charge in [-0.2, -0.15) is 5.26 Å². The van der Waals surface area contributed by atoms with Crippen molar-refractivity contribution < 1.29 is 9.18 Å². The maximum absolute atomic E-state index is 14.1. The van der Waals surface area contributed by atoms with E-state index in [2.05, 4.69) is 26.3 Å². The van der Waals surface area contributed by atoms with Crippen LogP contribution in [-0.2, 0) is 10.2 Å². The summed E-state index contributed by atoms with van der Waals surface area (Å²) in [6.07, 6.45) is 6.37. The van der Waals surface area contributed by atoms with Gasteiger partial charge in [0, 0.05) is 43.4 Å². The van der Waals surface area contributed by atoms with E-state index in [1.807, 2.05) is 6.07 Å². The van der Waals surface area contributed by atoms with Crippen LogP contribution in [0.1, 0.15) is 36.9 Å². The highest BCUT2D eigenvalue weighted by Crippen LogP contribution is 2.47. The van der Waals surface area contributed by atoms with Crippen molar-refractivity contribution >= 4 is 11.7 Å². The summed E-state index contributed by atoms with van der Waals surface area (Å²) in [6, 6.07) is 8.68. The molecule has 0 atom stereocenters. The standard InChI is InChI=1S/C21H22FN5O/c22-17-2-1-9-24-19(17)21(7-8-21)14-26-20(28)16-5-10-27(11-6-16)18-4-3-15(12-23)13-25-18/h1-4,9,13,16H,5-8,10-11,14H2,(H,26,28). The minimum absolute atomic E-state index is 0.0371. The Kier molecular flexibility index (Phi) is 4.95. The lowest BCUT2D eigenvalue weighted by Gasteiger charge is -2.32. The normalized spacial score (nSPS) is 18.4. The number of piperidine rings is 1. The van der Waals surface area contributed by atoms with Crippen molar-refractivity contribution in [1.29, 1.82) is 5.26 Å². The van der Waals surface area contributed by atoms with Crippen LogP contribution >= 0.6 is 0 Å². The summed E-state index contributed by atoms with van der Waals surface area (Å²) >= 11 is 0. The minimum Gasteiger partial charge on any atom is -0.357 e. The molecule has 1 N–H and O–H groups in total. The van der Waals surface area contributed by atoms with Gasteiger partial charge in [0.25, 0.3) is 0 Å². The van der Waals surface area contributed by atoms with Crippen LogP contribution in [0.25, 0.3) is 0 Å². The van der Waals surface area contributed by atoms with Crippen molar-refractivity contribution in [2.75, 3.05) is 24.5 Å². The van der Waals surface area contributed by atoms with Gasteiger partial charge in [0.15, 0.2) is 0 Å². The molecule has 0 unspecified atom stereocenters. The molecule has 2 aliphatic rings. The van der Waals surface area contributed by atoms with Gasteiger partial charge in [0.05, 0.1) is 11.3 Å². The molecular formula is C21H22FN5O. The Bertz CT molecular complexity index is 896. The van der Waals surface area contributed by atoms with E-state index in [0.717, 1.165) is 44.6 Å². The Hall–Kier alpha value is -3.01. The van der Waals surface area contributed by atoms with E-state index in [1.165, 1.54) is 6.07 Å². The second-order valence-corrected chi connectivity index (χ2v) is 7.61. The first-order valence-electron chi connectivity index (χ1n) is 9.61. The first-order valence-corrected chi connectivity index (χ1v) is 9.61. The van der Waals surface area contributed by atoms with Crippen LogP contribution in [0, 0.1) is 23.1 Å². The van der Waals surface area contributed by atoms with Crippen molar-refractivity contribution in [2.24, 2.45) is 5.92 Å². The van der Waals surface area contributed by atoms with E-state index in [9.17, 15) is 9.18 Å². The molecule has 2 aromatic rings. The number of hydrogen-bond acceptors (Lipinski definition) is 5. The van der Waals surface area contributed by atoms with Gasteiger partial charge in [-0.05, 0) is 49.9 Å². The van der Waals surface area contributed by atoms with Gasteiger partial charge in [0.1, 0.15) is 17.7 Å². The molecule has 4 rings (SSSR count).